The molecule has 0 radical (unpaired) electrons. The first kappa shape index (κ1) is 21.8. The minimum atomic E-state index is -0.347. The Morgan fingerprint density at radius 2 is 1.81 bits per heavy atom. The summed E-state index contributed by atoms with van der Waals surface area (Å²) >= 11 is 0. The summed E-state index contributed by atoms with van der Waals surface area (Å²) in [7, 11) is 0. The molecule has 1 aromatic carbocycles. The van der Waals surface area contributed by atoms with E-state index in [2.05, 4.69) is 17.1 Å². The second-order valence-electron chi connectivity index (χ2n) is 7.39. The van der Waals surface area contributed by atoms with Crippen LogP contribution >= 0.6 is 12.4 Å². The van der Waals surface area contributed by atoms with E-state index in [0.29, 0.717) is 6.04 Å². The maximum atomic E-state index is 12.4. The quantitative estimate of drug-likeness (QED) is 0.640. The molecule has 1 aromatic rings. The predicted molar refractivity (Wildman–Crippen MR) is 111 cm³/mol. The Morgan fingerprint density at radius 1 is 1.11 bits per heavy atom. The molecule has 0 aromatic heterocycles. The monoisotopic (exact) mass is 396 g/mol. The molecule has 1 heterocycles. The van der Waals surface area contributed by atoms with Crippen molar-refractivity contribution in [2.75, 3.05) is 25.0 Å². The molecule has 5 nitrogen and oxygen atoms in total. The molecule has 1 saturated carbocycles. The summed E-state index contributed by atoms with van der Waals surface area (Å²) in [4.78, 5) is 14.9. The highest BCUT2D eigenvalue weighted by Crippen LogP contribution is 2.28. The molecule has 27 heavy (non-hydrogen) atoms. The highest BCUT2D eigenvalue weighted by atomic mass is 35.5. The van der Waals surface area contributed by atoms with Gasteiger partial charge >= 0.3 is 6.09 Å². The van der Waals surface area contributed by atoms with Crippen molar-refractivity contribution >= 4 is 24.2 Å². The first-order chi connectivity index (χ1) is 12.8. The zero-order chi connectivity index (χ0) is 18.2. The van der Waals surface area contributed by atoms with E-state index in [1.54, 1.807) is 0 Å². The number of carbonyl (C=O) groups is 1. The molecule has 2 aliphatic rings. The van der Waals surface area contributed by atoms with Crippen LogP contribution < -0.4 is 10.1 Å². The highest BCUT2D eigenvalue weighted by molar-refractivity contribution is 5.85. The average molecular weight is 397 g/mol. The number of benzene rings is 1. The van der Waals surface area contributed by atoms with E-state index in [4.69, 9.17) is 9.47 Å². The highest BCUT2D eigenvalue weighted by Gasteiger charge is 2.34. The molecule has 0 bridgehead atoms. The van der Waals surface area contributed by atoms with E-state index in [1.807, 2.05) is 24.3 Å². The summed E-state index contributed by atoms with van der Waals surface area (Å²) in [6.07, 6.45) is 8.86. The second kappa shape index (κ2) is 11.4. The lowest BCUT2D eigenvalue weighted by atomic mass is 9.91. The Morgan fingerprint density at radius 3 is 2.52 bits per heavy atom. The summed E-state index contributed by atoms with van der Waals surface area (Å²) in [5, 5.41) is 2.86. The van der Waals surface area contributed by atoms with Gasteiger partial charge < -0.3 is 9.47 Å². The molecule has 1 aliphatic heterocycles. The van der Waals surface area contributed by atoms with Crippen LogP contribution in [0.4, 0.5) is 10.5 Å². The van der Waals surface area contributed by atoms with Crippen molar-refractivity contribution in [1.29, 1.82) is 0 Å². The van der Waals surface area contributed by atoms with Crippen LogP contribution in [0.25, 0.3) is 0 Å². The van der Waals surface area contributed by atoms with Crippen molar-refractivity contribution in [2.24, 2.45) is 0 Å². The lowest BCUT2D eigenvalue weighted by Gasteiger charge is -2.37. The van der Waals surface area contributed by atoms with Gasteiger partial charge in [-0.3, -0.25) is 10.2 Å². The van der Waals surface area contributed by atoms with Crippen LogP contribution in [0.15, 0.2) is 24.3 Å². The maximum Gasteiger partial charge on any atom is 0.411 e. The predicted octanol–water partition coefficient (Wildman–Crippen LogP) is 5.24. The Kier molecular flexibility index (Phi) is 9.22. The Labute approximate surface area is 169 Å². The molecule has 6 heteroatoms. The van der Waals surface area contributed by atoms with Gasteiger partial charge in [0.15, 0.2) is 0 Å². The van der Waals surface area contributed by atoms with Gasteiger partial charge in [-0.15, -0.1) is 12.4 Å². The van der Waals surface area contributed by atoms with Gasteiger partial charge in [-0.05, 0) is 75.9 Å². The first-order valence-corrected chi connectivity index (χ1v) is 10.2. The normalized spacial score (nSPS) is 22.7. The van der Waals surface area contributed by atoms with Gasteiger partial charge in [0.25, 0.3) is 0 Å². The van der Waals surface area contributed by atoms with Gasteiger partial charge in [-0.2, -0.15) is 0 Å². The smallest absolute Gasteiger partial charge is 0.411 e. The van der Waals surface area contributed by atoms with Crippen LogP contribution in [0.3, 0.4) is 0 Å². The SMILES string of the molecule is CCCCOc1ccc(NC(=O)O[C@H]2CCCC[C@@H]2N2CCCC2)cc1.Cl. The standard InChI is InChI=1S/C21H32N2O3.ClH/c1-2-3-16-25-18-12-10-17(11-13-18)22-21(24)26-20-9-5-4-8-19(20)23-14-6-7-15-23;/h10-13,19-20H,2-9,14-16H2,1H3,(H,22,24);1H/t19-,20-;/m0./s1. The summed E-state index contributed by atoms with van der Waals surface area (Å²) in [5.41, 5.74) is 0.742. The van der Waals surface area contributed by atoms with Gasteiger partial charge in [0, 0.05) is 11.7 Å². The van der Waals surface area contributed by atoms with Crippen molar-refractivity contribution < 1.29 is 14.3 Å². The number of carbonyl (C=O) groups excluding carboxylic acids is 1. The van der Waals surface area contributed by atoms with Crippen LogP contribution in [0.2, 0.25) is 0 Å². The van der Waals surface area contributed by atoms with E-state index in [-0.39, 0.29) is 24.6 Å². The third kappa shape index (κ3) is 6.58. The van der Waals surface area contributed by atoms with Crippen LogP contribution in [0, 0.1) is 0 Å². The summed E-state index contributed by atoms with van der Waals surface area (Å²) < 4.78 is 11.5. The molecule has 1 aliphatic carbocycles. The van der Waals surface area contributed by atoms with Crippen molar-refractivity contribution in [3.63, 3.8) is 0 Å². The number of anilines is 1. The molecule has 152 valence electrons. The van der Waals surface area contributed by atoms with Gasteiger partial charge in [0.1, 0.15) is 11.9 Å². The summed E-state index contributed by atoms with van der Waals surface area (Å²) in [6.45, 7) is 5.16. The number of rotatable bonds is 7. The Bertz CT molecular complexity index is 561. The summed E-state index contributed by atoms with van der Waals surface area (Å²) in [6, 6.07) is 7.90. The minimum absolute atomic E-state index is 0. The molecule has 2 atom stereocenters. The molecule has 0 unspecified atom stereocenters. The lowest BCUT2D eigenvalue weighted by molar-refractivity contribution is 0.0176. The second-order valence-corrected chi connectivity index (χ2v) is 7.39. The van der Waals surface area contributed by atoms with Crippen molar-refractivity contribution in [1.82, 2.24) is 4.90 Å². The molecule has 2 fully saturated rings. The maximum absolute atomic E-state index is 12.4. The van der Waals surface area contributed by atoms with E-state index >= 15 is 0 Å². The third-order valence-corrected chi connectivity index (χ3v) is 5.40. The van der Waals surface area contributed by atoms with E-state index in [0.717, 1.165) is 63.2 Å². The van der Waals surface area contributed by atoms with Crippen LogP contribution in [0.1, 0.15) is 58.3 Å². The lowest BCUT2D eigenvalue weighted by Crippen LogP contribution is -2.46. The fraction of sp³-hybridized carbons (Fsp3) is 0.667. The molecule has 1 N–H and O–H groups in total. The number of hydrogen-bond donors (Lipinski definition) is 1. The van der Waals surface area contributed by atoms with Gasteiger partial charge in [0.05, 0.1) is 6.61 Å². The average Bonchev–Trinajstić information content (AvgIpc) is 3.18. The number of likely N-dealkylation sites (tertiary alicyclic amines) is 1. The van der Waals surface area contributed by atoms with Gasteiger partial charge in [-0.25, -0.2) is 4.79 Å². The fourth-order valence-corrected chi connectivity index (χ4v) is 3.96. The number of unbranched alkanes of at least 4 members (excludes halogenated alkanes) is 1. The first-order valence-electron chi connectivity index (χ1n) is 10.2. The molecule has 1 saturated heterocycles. The van der Waals surface area contributed by atoms with Crippen LogP contribution in [-0.4, -0.2) is 42.8 Å². The van der Waals surface area contributed by atoms with Crippen LogP contribution in [0.5, 0.6) is 5.75 Å². The number of ether oxygens (including phenoxy) is 2. The Hall–Kier alpha value is -1.46. The molecule has 0 spiro atoms. The number of nitrogens with one attached hydrogen (secondary N) is 1. The molecule has 1 amide bonds. The fourth-order valence-electron chi connectivity index (χ4n) is 3.96. The minimum Gasteiger partial charge on any atom is -0.494 e. The zero-order valence-electron chi connectivity index (χ0n) is 16.3. The molecule has 3 rings (SSSR count). The van der Waals surface area contributed by atoms with E-state index in [1.165, 1.54) is 19.3 Å². The zero-order valence-corrected chi connectivity index (χ0v) is 17.1. The van der Waals surface area contributed by atoms with Crippen molar-refractivity contribution in [2.45, 2.75) is 70.4 Å². The van der Waals surface area contributed by atoms with Crippen molar-refractivity contribution in [3.8, 4) is 5.75 Å². The van der Waals surface area contributed by atoms with E-state index < -0.39 is 0 Å². The number of halogens is 1. The number of nitrogens with zero attached hydrogens (tertiary/aromatic N) is 1. The van der Waals surface area contributed by atoms with Crippen LogP contribution in [-0.2, 0) is 4.74 Å². The van der Waals surface area contributed by atoms with Gasteiger partial charge in [-0.1, -0.05) is 19.8 Å². The third-order valence-electron chi connectivity index (χ3n) is 5.40. The largest absolute Gasteiger partial charge is 0.494 e. The van der Waals surface area contributed by atoms with E-state index in [9.17, 15) is 4.79 Å². The molecular weight excluding hydrogens is 364 g/mol. The number of hydrogen-bond acceptors (Lipinski definition) is 4. The molecular formula is C21H33ClN2O3. The van der Waals surface area contributed by atoms with Gasteiger partial charge in [0.2, 0.25) is 0 Å². The number of amides is 1. The van der Waals surface area contributed by atoms with Crippen molar-refractivity contribution in [3.05, 3.63) is 24.3 Å². The topological polar surface area (TPSA) is 50.8 Å². The summed E-state index contributed by atoms with van der Waals surface area (Å²) in [5.74, 6) is 0.832. The Balaban J connectivity index is 0.00000261.